The molecule has 16 nitrogen and oxygen atoms in total. The lowest BCUT2D eigenvalue weighted by Gasteiger charge is -2.41. The minimum Gasteiger partial charge on any atom is -0.446 e. The largest absolute Gasteiger partial charge is 0.446 e. The quantitative estimate of drug-likeness (QED) is 0.0509. The van der Waals surface area contributed by atoms with Gasteiger partial charge in [0.15, 0.2) is 17.3 Å². The van der Waals surface area contributed by atoms with E-state index >= 15 is 0 Å². The van der Waals surface area contributed by atoms with Gasteiger partial charge in [0.05, 0.1) is 42.7 Å². The van der Waals surface area contributed by atoms with E-state index in [1.54, 1.807) is 31.1 Å². The monoisotopic (exact) mass is 1110 g/mol. The Balaban J connectivity index is 1.42. The van der Waals surface area contributed by atoms with E-state index in [4.69, 9.17) is 14.2 Å². The third-order valence-corrected chi connectivity index (χ3v) is 16.8. The summed E-state index contributed by atoms with van der Waals surface area (Å²) in [5.74, 6) is -5.58. The van der Waals surface area contributed by atoms with E-state index in [2.05, 4.69) is 5.32 Å². The number of ketones is 5. The number of nitrogens with zero attached hydrogens (tertiary/aromatic N) is 3. The van der Waals surface area contributed by atoms with Crippen LogP contribution in [-0.2, 0) is 70.3 Å². The molecule has 0 spiro atoms. The summed E-state index contributed by atoms with van der Waals surface area (Å²) < 4.78 is 17.6. The molecule has 16 heteroatoms. The average Bonchev–Trinajstić information content (AvgIpc) is 4.04. The van der Waals surface area contributed by atoms with Crippen molar-refractivity contribution in [1.29, 1.82) is 0 Å². The van der Waals surface area contributed by atoms with Crippen LogP contribution in [0.4, 0.5) is 0 Å². The second-order valence-electron chi connectivity index (χ2n) is 24.0. The van der Waals surface area contributed by atoms with Crippen LogP contribution in [0.15, 0.2) is 60.7 Å². The van der Waals surface area contributed by atoms with Gasteiger partial charge in [-0.3, -0.25) is 48.1 Å². The van der Waals surface area contributed by atoms with Crippen molar-refractivity contribution in [3.8, 4) is 0 Å². The summed E-state index contributed by atoms with van der Waals surface area (Å²) in [6.45, 7) is 18.7. The van der Waals surface area contributed by atoms with Gasteiger partial charge in [0.25, 0.3) is 0 Å². The van der Waals surface area contributed by atoms with Crippen molar-refractivity contribution in [3.05, 3.63) is 71.8 Å². The average molecular weight is 1110 g/mol. The summed E-state index contributed by atoms with van der Waals surface area (Å²) in [6, 6.07) is 17.8. The molecule has 444 valence electrons. The summed E-state index contributed by atoms with van der Waals surface area (Å²) >= 11 is 0. The number of likely N-dealkylation sites (tertiary alicyclic amines) is 1. The molecule has 2 aromatic rings. The number of hydrogen-bond acceptors (Lipinski definition) is 13. The van der Waals surface area contributed by atoms with Gasteiger partial charge >= 0.3 is 5.97 Å². The molecule has 1 aliphatic heterocycles. The summed E-state index contributed by atoms with van der Waals surface area (Å²) in [6.07, 6.45) is 0.600. The minimum absolute atomic E-state index is 0.000219. The van der Waals surface area contributed by atoms with Crippen molar-refractivity contribution in [2.45, 2.75) is 189 Å². The maximum Gasteiger partial charge on any atom is 0.310 e. The van der Waals surface area contributed by atoms with Crippen molar-refractivity contribution < 1.29 is 57.4 Å². The van der Waals surface area contributed by atoms with Gasteiger partial charge in [0.1, 0.15) is 11.6 Å². The zero-order valence-corrected chi connectivity index (χ0v) is 50.4. The zero-order chi connectivity index (χ0) is 59.4. The number of esters is 1. The normalized spacial score (nSPS) is 18.4. The first-order valence-electron chi connectivity index (χ1n) is 29.4. The maximum absolute atomic E-state index is 14.9. The first kappa shape index (κ1) is 67.1. The molecule has 1 aliphatic carbocycles. The molecule has 1 heterocycles. The number of carbonyl (C=O) groups excluding carboxylic acids is 9. The molecule has 1 saturated heterocycles. The number of likely N-dealkylation sites (N-methyl/N-ethyl adjacent to an activating group) is 2. The van der Waals surface area contributed by atoms with Crippen molar-refractivity contribution in [2.75, 3.05) is 41.4 Å². The molecule has 3 amide bonds. The third-order valence-electron chi connectivity index (χ3n) is 16.8. The molecule has 80 heavy (non-hydrogen) atoms. The molecule has 0 bridgehead atoms. The molecular formula is C64H96N4O12. The third kappa shape index (κ3) is 19.3. The minimum atomic E-state index is -1.39. The number of ether oxygens (including phenoxy) is 3. The fourth-order valence-electron chi connectivity index (χ4n) is 12.1. The predicted octanol–water partition coefficient (Wildman–Crippen LogP) is 8.47. The van der Waals surface area contributed by atoms with Crippen LogP contribution in [0.5, 0.6) is 0 Å². The van der Waals surface area contributed by atoms with Crippen LogP contribution >= 0.6 is 0 Å². The smallest absolute Gasteiger partial charge is 0.310 e. The summed E-state index contributed by atoms with van der Waals surface area (Å²) in [5, 5.41) is 3.04. The van der Waals surface area contributed by atoms with Gasteiger partial charge in [-0.05, 0) is 80.5 Å². The Morgan fingerprint density at radius 2 is 1.35 bits per heavy atom. The van der Waals surface area contributed by atoms with E-state index in [1.165, 1.54) is 0 Å². The Hall–Kier alpha value is -5.45. The number of benzene rings is 2. The molecule has 0 unspecified atom stereocenters. The van der Waals surface area contributed by atoms with Crippen LogP contribution in [0.3, 0.4) is 0 Å². The molecule has 1 N–H and O–H groups in total. The van der Waals surface area contributed by atoms with E-state index in [9.17, 15) is 43.2 Å². The Kier molecular flexibility index (Phi) is 27.5. The Morgan fingerprint density at radius 3 is 1.90 bits per heavy atom. The number of hydrogen-bond donors (Lipinski definition) is 1. The number of rotatable bonds is 35. The molecule has 10 atom stereocenters. The lowest BCUT2D eigenvalue weighted by molar-refractivity contribution is -0.162. The Labute approximate surface area is 477 Å². The van der Waals surface area contributed by atoms with Crippen molar-refractivity contribution >= 4 is 52.6 Å². The molecule has 2 fully saturated rings. The lowest BCUT2D eigenvalue weighted by Crippen LogP contribution is -2.54. The molecule has 2 aromatic carbocycles. The molecular weight excluding hydrogens is 1020 g/mol. The highest BCUT2D eigenvalue weighted by molar-refractivity contribution is 6.12. The van der Waals surface area contributed by atoms with Crippen molar-refractivity contribution in [3.63, 3.8) is 0 Å². The van der Waals surface area contributed by atoms with Gasteiger partial charge < -0.3 is 29.3 Å². The van der Waals surface area contributed by atoms with Gasteiger partial charge in [-0.15, -0.1) is 0 Å². The second kappa shape index (κ2) is 32.9. The Morgan fingerprint density at radius 1 is 0.738 bits per heavy atom. The van der Waals surface area contributed by atoms with Crippen LogP contribution in [0.1, 0.15) is 150 Å². The van der Waals surface area contributed by atoms with Crippen LogP contribution in [0, 0.1) is 47.3 Å². The predicted molar refractivity (Wildman–Crippen MR) is 308 cm³/mol. The van der Waals surface area contributed by atoms with E-state index < -0.39 is 77.6 Å². The van der Waals surface area contributed by atoms with Crippen molar-refractivity contribution in [2.24, 2.45) is 47.3 Å². The van der Waals surface area contributed by atoms with Gasteiger partial charge in [-0.1, -0.05) is 129 Å². The van der Waals surface area contributed by atoms with Crippen LogP contribution < -0.4 is 5.32 Å². The molecule has 0 aromatic heterocycles. The van der Waals surface area contributed by atoms with Crippen molar-refractivity contribution in [1.82, 2.24) is 20.0 Å². The molecule has 1 saturated carbocycles. The molecule has 4 rings (SSSR count). The first-order valence-corrected chi connectivity index (χ1v) is 29.4. The highest BCUT2D eigenvalue weighted by Crippen LogP contribution is 2.33. The topological polar surface area (TPSA) is 203 Å². The number of methoxy groups -OCH3 is 2. The highest BCUT2D eigenvalue weighted by Gasteiger charge is 2.44. The number of nitrogens with one attached hydrogen (secondary N) is 1. The maximum atomic E-state index is 14.9. The SMILES string of the molecule is CC[C@H](C)[C@@H]([C@@H](CC(=O)N1CCC[C@H]1[C@H](OC)[C@@H](C)C(=O)C[C@@H](Cc1ccccc1)C(=O)NCc1ccccc1)OC)N(C)C(=O)[C@@H](CC(=O)[C@H](C(C)C)N(C)CCCC(=O)C[C@H](CC(C)C)C(=O)OC1C(=O)CCC1=O)C(C)C. The number of Topliss-reactive ketones (excluding diaryl/α,β-unsaturated/α-hetero) is 5. The zero-order valence-electron chi connectivity index (χ0n) is 50.4. The van der Waals surface area contributed by atoms with Crippen LogP contribution in [0.2, 0.25) is 0 Å². The number of carbonyl (C=O) groups is 9. The highest BCUT2D eigenvalue weighted by atomic mass is 16.6. The van der Waals surface area contributed by atoms with Gasteiger partial charge in [-0.2, -0.15) is 0 Å². The van der Waals surface area contributed by atoms with Gasteiger partial charge in [0, 0.05) is 90.6 Å². The van der Waals surface area contributed by atoms with Crippen LogP contribution in [0.25, 0.3) is 0 Å². The van der Waals surface area contributed by atoms with Gasteiger partial charge in [0.2, 0.25) is 23.8 Å². The van der Waals surface area contributed by atoms with E-state index in [0.717, 1.165) is 11.1 Å². The molecule has 0 radical (unpaired) electrons. The summed E-state index contributed by atoms with van der Waals surface area (Å²) in [7, 11) is 6.69. The standard InChI is InChI=1S/C64H96N4O12/c1-14-43(8)59(67(11)63(76)50(41(4)5)37-55(73)58(42(6)7)66(10)31-21-27-49(69)35-48(33-40(2)3)64(77)80-61-52(70)29-30-53(61)71)56(78-12)38-57(74)68-32-22-28-51(68)60(79-13)44(9)54(72)36-47(34-45-23-17-15-18-24-45)62(75)65-39-46-25-19-16-20-26-46/h15-20,23-26,40-44,47-48,50-51,56,58-61H,14,21-22,27-39H2,1-13H3,(H,65,75)/t43-,44-,47+,48-,50-,51-,56+,58-,59-,60+/m0/s1. The summed E-state index contributed by atoms with van der Waals surface area (Å²) in [5.41, 5.74) is 1.90. The van der Waals surface area contributed by atoms with E-state index in [-0.39, 0.29) is 104 Å². The van der Waals surface area contributed by atoms with Gasteiger partial charge in [-0.25, -0.2) is 0 Å². The Bertz CT molecular complexity index is 2340. The fourth-order valence-corrected chi connectivity index (χ4v) is 12.1. The van der Waals surface area contributed by atoms with E-state index in [0.29, 0.717) is 58.2 Å². The second-order valence-corrected chi connectivity index (χ2v) is 24.0. The first-order chi connectivity index (χ1) is 37.9. The lowest BCUT2D eigenvalue weighted by atomic mass is 9.83. The fraction of sp³-hybridized carbons (Fsp3) is 0.672. The van der Waals surface area contributed by atoms with E-state index in [1.807, 2.05) is 135 Å². The molecule has 2 aliphatic rings. The summed E-state index contributed by atoms with van der Waals surface area (Å²) in [4.78, 5) is 128. The number of amides is 3. The van der Waals surface area contributed by atoms with Crippen LogP contribution in [-0.4, -0.2) is 145 Å².